The third-order valence-electron chi connectivity index (χ3n) is 3.45. The molecular weight excluding hydrogens is 276 g/mol. The number of nitrogens with one attached hydrogen (secondary N) is 2. The van der Waals surface area contributed by atoms with Crippen molar-refractivity contribution in [1.82, 2.24) is 5.32 Å². The van der Waals surface area contributed by atoms with Gasteiger partial charge in [-0.05, 0) is 49.2 Å². The van der Waals surface area contributed by atoms with Gasteiger partial charge in [0, 0.05) is 5.69 Å². The maximum Gasteiger partial charge on any atom is 0.238 e. The Kier molecular flexibility index (Phi) is 5.98. The lowest BCUT2D eigenvalue weighted by molar-refractivity contribution is -0.115. The number of anilines is 1. The van der Waals surface area contributed by atoms with Gasteiger partial charge in [0.15, 0.2) is 0 Å². The molecule has 0 heterocycles. The number of carbonyl (C=O) groups excluding carboxylic acids is 1. The number of para-hydroxylation sites is 1. The summed E-state index contributed by atoms with van der Waals surface area (Å²) in [7, 11) is 1.66. The van der Waals surface area contributed by atoms with E-state index < -0.39 is 0 Å². The maximum atomic E-state index is 11.9. The number of amides is 1. The van der Waals surface area contributed by atoms with E-state index >= 15 is 0 Å². The van der Waals surface area contributed by atoms with Gasteiger partial charge in [0.1, 0.15) is 5.75 Å². The standard InChI is InChI=1S/C18H22N2O2/c1-14-5-3-4-6-17(14)20-18(21)13-19-12-11-15-7-9-16(22-2)10-8-15/h3-10,19H,11-13H2,1-2H3,(H,20,21). The van der Waals surface area contributed by atoms with Crippen LogP contribution in [0.25, 0.3) is 0 Å². The molecular formula is C18H22N2O2. The summed E-state index contributed by atoms with van der Waals surface area (Å²) >= 11 is 0. The summed E-state index contributed by atoms with van der Waals surface area (Å²) in [6.45, 7) is 3.05. The van der Waals surface area contributed by atoms with Crippen molar-refractivity contribution in [3.8, 4) is 5.75 Å². The lowest BCUT2D eigenvalue weighted by Crippen LogP contribution is -2.29. The molecule has 0 aliphatic heterocycles. The van der Waals surface area contributed by atoms with Crippen LogP contribution in [0.2, 0.25) is 0 Å². The summed E-state index contributed by atoms with van der Waals surface area (Å²) in [6.07, 6.45) is 0.877. The van der Waals surface area contributed by atoms with Gasteiger partial charge in [-0.3, -0.25) is 4.79 Å². The Bertz CT molecular complexity index is 609. The van der Waals surface area contributed by atoms with E-state index in [1.54, 1.807) is 7.11 Å². The Morgan fingerprint density at radius 2 is 1.82 bits per heavy atom. The monoisotopic (exact) mass is 298 g/mol. The highest BCUT2D eigenvalue weighted by molar-refractivity contribution is 5.92. The van der Waals surface area contributed by atoms with Gasteiger partial charge in [-0.1, -0.05) is 30.3 Å². The first-order valence-electron chi connectivity index (χ1n) is 7.38. The first kappa shape index (κ1) is 16.0. The lowest BCUT2D eigenvalue weighted by atomic mass is 10.1. The number of hydrogen-bond donors (Lipinski definition) is 2. The summed E-state index contributed by atoms with van der Waals surface area (Å²) in [5, 5.41) is 6.06. The first-order valence-corrected chi connectivity index (χ1v) is 7.38. The van der Waals surface area contributed by atoms with Gasteiger partial charge in [-0.15, -0.1) is 0 Å². The van der Waals surface area contributed by atoms with Gasteiger partial charge in [-0.2, -0.15) is 0 Å². The number of ether oxygens (including phenoxy) is 1. The van der Waals surface area contributed by atoms with E-state index in [4.69, 9.17) is 4.74 Å². The SMILES string of the molecule is COc1ccc(CCNCC(=O)Nc2ccccc2C)cc1. The Morgan fingerprint density at radius 1 is 1.09 bits per heavy atom. The van der Waals surface area contributed by atoms with E-state index in [9.17, 15) is 4.79 Å². The van der Waals surface area contributed by atoms with Gasteiger partial charge in [0.05, 0.1) is 13.7 Å². The summed E-state index contributed by atoms with van der Waals surface area (Å²) in [5.41, 5.74) is 3.14. The average Bonchev–Trinajstić information content (AvgIpc) is 2.54. The molecule has 0 fully saturated rings. The summed E-state index contributed by atoms with van der Waals surface area (Å²) < 4.78 is 5.12. The number of rotatable bonds is 7. The molecule has 116 valence electrons. The third-order valence-corrected chi connectivity index (χ3v) is 3.45. The molecule has 0 atom stereocenters. The Hall–Kier alpha value is -2.33. The Balaban J connectivity index is 1.69. The topological polar surface area (TPSA) is 50.4 Å². The van der Waals surface area contributed by atoms with Crippen LogP contribution in [-0.4, -0.2) is 26.1 Å². The summed E-state index contributed by atoms with van der Waals surface area (Å²) in [5.74, 6) is 0.832. The van der Waals surface area contributed by atoms with Gasteiger partial charge >= 0.3 is 0 Å². The van der Waals surface area contributed by atoms with Crippen molar-refractivity contribution in [2.75, 3.05) is 25.5 Å². The number of aryl methyl sites for hydroxylation is 1. The summed E-state index contributed by atoms with van der Waals surface area (Å²) in [6, 6.07) is 15.7. The van der Waals surface area contributed by atoms with Crippen molar-refractivity contribution in [2.24, 2.45) is 0 Å². The second kappa shape index (κ2) is 8.20. The van der Waals surface area contributed by atoms with Crippen molar-refractivity contribution in [2.45, 2.75) is 13.3 Å². The van der Waals surface area contributed by atoms with Crippen LogP contribution < -0.4 is 15.4 Å². The molecule has 0 aromatic heterocycles. The highest BCUT2D eigenvalue weighted by Crippen LogP contribution is 2.13. The van der Waals surface area contributed by atoms with E-state index in [-0.39, 0.29) is 5.91 Å². The molecule has 4 nitrogen and oxygen atoms in total. The van der Waals surface area contributed by atoms with E-state index in [2.05, 4.69) is 10.6 Å². The van der Waals surface area contributed by atoms with Gasteiger partial charge in [0.2, 0.25) is 5.91 Å². The van der Waals surface area contributed by atoms with Crippen LogP contribution in [0.15, 0.2) is 48.5 Å². The van der Waals surface area contributed by atoms with Crippen LogP contribution in [0.1, 0.15) is 11.1 Å². The molecule has 4 heteroatoms. The predicted molar refractivity (Wildman–Crippen MR) is 89.4 cm³/mol. The molecule has 0 spiro atoms. The molecule has 0 saturated carbocycles. The molecule has 0 saturated heterocycles. The van der Waals surface area contributed by atoms with Gasteiger partial charge < -0.3 is 15.4 Å². The minimum Gasteiger partial charge on any atom is -0.497 e. The quantitative estimate of drug-likeness (QED) is 0.773. The second-order valence-electron chi connectivity index (χ2n) is 5.14. The number of methoxy groups -OCH3 is 1. The van der Waals surface area contributed by atoms with E-state index in [0.29, 0.717) is 6.54 Å². The molecule has 2 N–H and O–H groups in total. The van der Waals surface area contributed by atoms with Crippen molar-refractivity contribution in [3.63, 3.8) is 0 Å². The zero-order valence-corrected chi connectivity index (χ0v) is 13.1. The predicted octanol–water partition coefficient (Wildman–Crippen LogP) is 2.77. The number of benzene rings is 2. The molecule has 1 amide bonds. The van der Waals surface area contributed by atoms with Gasteiger partial charge in [-0.25, -0.2) is 0 Å². The van der Waals surface area contributed by atoms with Crippen LogP contribution in [0, 0.1) is 6.92 Å². The molecule has 0 radical (unpaired) electrons. The van der Waals surface area contributed by atoms with Crippen molar-refractivity contribution >= 4 is 11.6 Å². The van der Waals surface area contributed by atoms with E-state index in [0.717, 1.165) is 30.0 Å². The number of carbonyl (C=O) groups is 1. The van der Waals surface area contributed by atoms with Crippen LogP contribution in [0.5, 0.6) is 5.75 Å². The fourth-order valence-corrected chi connectivity index (χ4v) is 2.13. The van der Waals surface area contributed by atoms with Crippen molar-refractivity contribution in [1.29, 1.82) is 0 Å². The van der Waals surface area contributed by atoms with E-state index in [1.807, 2.05) is 55.5 Å². The fraction of sp³-hybridized carbons (Fsp3) is 0.278. The Labute approximate surface area is 131 Å². The minimum atomic E-state index is -0.0240. The molecule has 0 bridgehead atoms. The average molecular weight is 298 g/mol. The second-order valence-corrected chi connectivity index (χ2v) is 5.14. The molecule has 0 unspecified atom stereocenters. The zero-order valence-electron chi connectivity index (χ0n) is 13.1. The van der Waals surface area contributed by atoms with E-state index in [1.165, 1.54) is 5.56 Å². The molecule has 2 aromatic carbocycles. The highest BCUT2D eigenvalue weighted by Gasteiger charge is 2.03. The van der Waals surface area contributed by atoms with Crippen LogP contribution in [-0.2, 0) is 11.2 Å². The summed E-state index contributed by atoms with van der Waals surface area (Å²) in [4.78, 5) is 11.9. The lowest BCUT2D eigenvalue weighted by Gasteiger charge is -2.09. The molecule has 0 aliphatic rings. The Morgan fingerprint density at radius 3 is 2.50 bits per heavy atom. The van der Waals surface area contributed by atoms with Gasteiger partial charge in [0.25, 0.3) is 0 Å². The van der Waals surface area contributed by atoms with Crippen molar-refractivity contribution in [3.05, 3.63) is 59.7 Å². The van der Waals surface area contributed by atoms with Crippen LogP contribution in [0.3, 0.4) is 0 Å². The zero-order chi connectivity index (χ0) is 15.8. The fourth-order valence-electron chi connectivity index (χ4n) is 2.13. The maximum absolute atomic E-state index is 11.9. The first-order chi connectivity index (χ1) is 10.7. The molecule has 22 heavy (non-hydrogen) atoms. The molecule has 0 aliphatic carbocycles. The number of hydrogen-bond acceptors (Lipinski definition) is 3. The minimum absolute atomic E-state index is 0.0240. The molecule has 2 aromatic rings. The van der Waals surface area contributed by atoms with Crippen molar-refractivity contribution < 1.29 is 9.53 Å². The van der Waals surface area contributed by atoms with Crippen LogP contribution >= 0.6 is 0 Å². The normalized spacial score (nSPS) is 10.3. The third kappa shape index (κ3) is 4.90. The largest absolute Gasteiger partial charge is 0.497 e. The smallest absolute Gasteiger partial charge is 0.238 e. The van der Waals surface area contributed by atoms with Crippen LogP contribution in [0.4, 0.5) is 5.69 Å². The molecule has 2 rings (SSSR count). The highest BCUT2D eigenvalue weighted by atomic mass is 16.5.